The number of carbonyl (C=O) groups excluding carboxylic acids is 5. The summed E-state index contributed by atoms with van der Waals surface area (Å²) in [6.45, 7) is 6.10. The lowest BCUT2D eigenvalue weighted by molar-refractivity contribution is -0.120. The highest BCUT2D eigenvalue weighted by Crippen LogP contribution is 2.48. The van der Waals surface area contributed by atoms with Crippen molar-refractivity contribution in [1.29, 1.82) is 0 Å². The third-order valence-corrected chi connectivity index (χ3v) is 30.4. The van der Waals surface area contributed by atoms with Crippen molar-refractivity contribution < 1.29 is 28.7 Å². The Kier molecular flexibility index (Phi) is 34.2. The molecule has 4 aromatic heterocycles. The minimum atomic E-state index is -0.167. The molecule has 0 saturated heterocycles. The molecule has 6 aliphatic rings. The number of carbonyl (C=O) groups is 5. The van der Waals surface area contributed by atoms with E-state index in [4.69, 9.17) is 74.1 Å². The first-order valence-electron chi connectivity index (χ1n) is 48.3. The third-order valence-electron chi connectivity index (χ3n) is 29.4. The zero-order valence-electron chi connectivity index (χ0n) is 78.0. The van der Waals surface area contributed by atoms with Crippen LogP contribution in [0.3, 0.4) is 0 Å². The van der Waals surface area contributed by atoms with Gasteiger partial charge in [-0.25, -0.2) is 0 Å². The fraction of sp³-hybridized carbons (Fsp3) is 0.360. The number of ketones is 1. The maximum absolute atomic E-state index is 13.8. The summed E-state index contributed by atoms with van der Waals surface area (Å²) in [6, 6.07) is 81.0. The summed E-state index contributed by atoms with van der Waals surface area (Å²) in [5.74, 6) is 0.737. The second kappa shape index (κ2) is 46.8. The minimum absolute atomic E-state index is 0.00432. The van der Waals surface area contributed by atoms with Crippen molar-refractivity contribution in [3.05, 3.63) is 357 Å². The normalized spacial score (nSPS) is 21.2. The van der Waals surface area contributed by atoms with Gasteiger partial charge < -0.3 is 47.3 Å². The molecule has 22 heteroatoms. The van der Waals surface area contributed by atoms with Crippen LogP contribution >= 0.6 is 46.4 Å². The number of hydrogen-bond acceptors (Lipinski definition) is 14. The molecule has 706 valence electrons. The first-order valence-corrected chi connectivity index (χ1v) is 49.8. The van der Waals surface area contributed by atoms with Crippen molar-refractivity contribution in [2.45, 2.75) is 194 Å². The lowest BCUT2D eigenvalue weighted by Crippen LogP contribution is -2.49. The molecule has 6 fully saturated rings. The van der Waals surface area contributed by atoms with Crippen molar-refractivity contribution >= 4 is 75.8 Å². The van der Waals surface area contributed by atoms with Gasteiger partial charge in [-0.2, -0.15) is 0 Å². The summed E-state index contributed by atoms with van der Waals surface area (Å²) in [7, 11) is 1.67. The maximum Gasteiger partial charge on any atom is 0.256 e. The van der Waals surface area contributed by atoms with Crippen LogP contribution in [0, 0.1) is 5.92 Å². The van der Waals surface area contributed by atoms with Crippen LogP contribution in [0.5, 0.6) is 0 Å². The number of benzene rings is 8. The Morgan fingerprint density at radius 2 is 0.603 bits per heavy atom. The summed E-state index contributed by atoms with van der Waals surface area (Å²) in [4.78, 5) is 92.9. The molecule has 8 aromatic carbocycles. The molecule has 0 spiro atoms. The van der Waals surface area contributed by atoms with Gasteiger partial charge in [0.25, 0.3) is 23.6 Å². The molecule has 0 radical (unpaired) electrons. The molecule has 18 nitrogen and oxygen atoms in total. The standard InChI is InChI=1S/C29H32ClN3O2.C29H32ClN3O.C28H32ClN3O2.C28H30ClN3O/c1-2-27(34)19-33(28(35)23-15-22(17-32-18-23)21-7-4-3-5-8-21)26-11-13-29(20-31,14-12-26)24-9-6-10-25(30)16-24;30-26-8-4-7-25(16-26)29(20-31)13-11-27(12-14-29)33(19-21-9-10-21)28(34)24-15-23(17-32-18-24)22-5-2-1-3-6-22;1-34-15-14-32(27(33)23-16-22(18-31-19-23)21-6-3-2-4-7-21)26-10-12-28(20-30,13-11-26)24-8-5-9-25(29)17-24;29-24-8-4-7-23(16-24)28(19-30)13-11-26(12-14-28)32(25-9-10-25)27(33)22-15-21(17-31-18-22)20-5-2-1-3-6-20/h3-10,15-18,26H,2,11-14,19-20,31H2,1H3;1-8,15-18,21,27H,9-14,19-20,31H2;2-9,16-19,26H,10-15,20,30H2,1H3;1-8,15-18,25-26H,9-14,19,30H2. The lowest BCUT2D eigenvalue weighted by atomic mass is 9.68. The number of nitrogens with two attached hydrogens (primary N) is 4. The van der Waals surface area contributed by atoms with Gasteiger partial charge in [-0.1, -0.05) is 223 Å². The molecule has 136 heavy (non-hydrogen) atoms. The van der Waals surface area contributed by atoms with Gasteiger partial charge in [0.05, 0.1) is 35.4 Å². The van der Waals surface area contributed by atoms with E-state index in [1.54, 1.807) is 49.2 Å². The molecule has 6 saturated carbocycles. The molecular weight excluding hydrogens is 1780 g/mol. The van der Waals surface area contributed by atoms with Gasteiger partial charge in [-0.15, -0.1) is 0 Å². The Balaban J connectivity index is 0.000000138. The second-order valence-electron chi connectivity index (χ2n) is 37.9. The van der Waals surface area contributed by atoms with Crippen molar-refractivity contribution in [2.75, 3.05) is 59.5 Å². The molecular formula is C114H126Cl4N12O6. The van der Waals surface area contributed by atoms with Crippen LogP contribution in [0.25, 0.3) is 44.5 Å². The highest BCUT2D eigenvalue weighted by Gasteiger charge is 2.46. The average Bonchev–Trinajstić information content (AvgIpc) is 1.34. The summed E-state index contributed by atoms with van der Waals surface area (Å²) in [5, 5.41) is 2.94. The fourth-order valence-corrected chi connectivity index (χ4v) is 21.6. The SMILES string of the molecule is CCC(=O)CN(C(=O)c1cncc(-c2ccccc2)c1)C1CCC(CN)(c2cccc(Cl)c2)CC1.COCCN(C(=O)c1cncc(-c2ccccc2)c1)C1CCC(CN)(c2cccc(Cl)c2)CC1.NCC1(c2cccc(Cl)c2)CCC(N(C(=O)c2cncc(-c3ccccc3)c2)C2CC2)CC1.NCC1(c2cccc(Cl)c2)CCC(N(CC2CC2)C(=O)c2cncc(-c3ccccc3)c2)CC1. The van der Waals surface area contributed by atoms with Crippen LogP contribution in [0.1, 0.15) is 205 Å². The van der Waals surface area contributed by atoms with Crippen molar-refractivity contribution in [2.24, 2.45) is 28.9 Å². The van der Waals surface area contributed by atoms with E-state index in [9.17, 15) is 24.0 Å². The molecule has 4 amide bonds. The van der Waals surface area contributed by atoms with Crippen molar-refractivity contribution in [3.8, 4) is 44.5 Å². The molecule has 0 bridgehead atoms. The van der Waals surface area contributed by atoms with Gasteiger partial charge >= 0.3 is 0 Å². The van der Waals surface area contributed by atoms with Crippen LogP contribution in [0.15, 0.2) is 292 Å². The van der Waals surface area contributed by atoms with E-state index in [0.717, 1.165) is 187 Å². The predicted octanol–water partition coefficient (Wildman–Crippen LogP) is 22.9. The molecule has 4 heterocycles. The Hall–Kier alpha value is -11.1. The molecule has 0 aliphatic heterocycles. The number of rotatable bonds is 29. The predicted molar refractivity (Wildman–Crippen MR) is 549 cm³/mol. The number of aromatic nitrogens is 4. The zero-order chi connectivity index (χ0) is 95.2. The van der Waals surface area contributed by atoms with E-state index in [-0.39, 0.29) is 81.8 Å². The first-order chi connectivity index (χ1) is 66.2. The quantitative estimate of drug-likeness (QED) is 0.0340. The number of Topliss-reactive ketones (excluding diaryl/α,β-unsaturated/α-hetero) is 1. The van der Waals surface area contributed by atoms with E-state index in [1.807, 2.05) is 218 Å². The van der Waals surface area contributed by atoms with Gasteiger partial charge in [0.2, 0.25) is 0 Å². The van der Waals surface area contributed by atoms with Crippen LogP contribution in [-0.2, 0) is 31.2 Å². The maximum atomic E-state index is 13.8. The van der Waals surface area contributed by atoms with Gasteiger partial charge in [0, 0.05) is 197 Å². The zero-order valence-corrected chi connectivity index (χ0v) is 81.1. The third kappa shape index (κ3) is 24.5. The van der Waals surface area contributed by atoms with E-state index >= 15 is 0 Å². The average molecular weight is 1900 g/mol. The summed E-state index contributed by atoms with van der Waals surface area (Å²) in [5.41, 5.74) is 40.0. The fourth-order valence-electron chi connectivity index (χ4n) is 20.8. The number of pyridine rings is 4. The van der Waals surface area contributed by atoms with Crippen LogP contribution in [0.4, 0.5) is 0 Å². The van der Waals surface area contributed by atoms with E-state index in [1.165, 1.54) is 29.5 Å². The van der Waals surface area contributed by atoms with Gasteiger partial charge in [-0.05, 0) is 252 Å². The highest BCUT2D eigenvalue weighted by atomic mass is 35.5. The largest absolute Gasteiger partial charge is 0.383 e. The van der Waals surface area contributed by atoms with Gasteiger partial charge in [-0.3, -0.25) is 43.9 Å². The lowest BCUT2D eigenvalue weighted by Gasteiger charge is -2.44. The van der Waals surface area contributed by atoms with Crippen LogP contribution < -0.4 is 22.9 Å². The number of hydrogen-bond donors (Lipinski definition) is 4. The Labute approximate surface area is 821 Å². The van der Waals surface area contributed by atoms with E-state index < -0.39 is 0 Å². The molecule has 0 atom stereocenters. The Morgan fingerprint density at radius 3 is 0.890 bits per heavy atom. The number of ether oxygens (including phenoxy) is 1. The van der Waals surface area contributed by atoms with Crippen molar-refractivity contribution in [1.82, 2.24) is 39.5 Å². The number of nitrogens with zero attached hydrogens (tertiary/aromatic N) is 8. The Morgan fingerprint density at radius 1 is 0.324 bits per heavy atom. The number of amides is 4. The van der Waals surface area contributed by atoms with Gasteiger partial charge in [0.15, 0.2) is 5.78 Å². The monoisotopic (exact) mass is 1900 g/mol. The first kappa shape index (κ1) is 99.4. The second-order valence-corrected chi connectivity index (χ2v) is 39.6. The molecule has 12 aromatic rings. The number of halogens is 4. The topological polar surface area (TPSA) is 263 Å². The molecule has 0 unspecified atom stereocenters. The Bertz CT molecular complexity index is 5980. The van der Waals surface area contributed by atoms with Crippen LogP contribution in [0.2, 0.25) is 20.1 Å². The smallest absolute Gasteiger partial charge is 0.256 e. The van der Waals surface area contributed by atoms with Crippen molar-refractivity contribution in [3.63, 3.8) is 0 Å². The molecule has 8 N–H and O–H groups in total. The summed E-state index contributed by atoms with van der Waals surface area (Å²) < 4.78 is 5.34. The van der Waals surface area contributed by atoms with E-state index in [2.05, 4.69) is 78.3 Å². The molecule has 6 aliphatic carbocycles. The number of methoxy groups -OCH3 is 1. The van der Waals surface area contributed by atoms with Gasteiger partial charge in [0.1, 0.15) is 0 Å². The summed E-state index contributed by atoms with van der Waals surface area (Å²) >= 11 is 25.1. The van der Waals surface area contributed by atoms with Crippen LogP contribution in [-0.4, -0.2) is 159 Å². The molecule has 18 rings (SSSR count). The highest BCUT2D eigenvalue weighted by molar-refractivity contribution is 6.31. The summed E-state index contributed by atoms with van der Waals surface area (Å²) in [6.07, 6.45) is 33.4. The minimum Gasteiger partial charge on any atom is -0.383 e. The van der Waals surface area contributed by atoms with E-state index in [0.29, 0.717) is 85.0 Å².